The van der Waals surface area contributed by atoms with Crippen LogP contribution in [0.15, 0.2) is 0 Å². The van der Waals surface area contributed by atoms with E-state index in [4.69, 9.17) is 0 Å². The molecule has 1 amide bonds. The van der Waals surface area contributed by atoms with Crippen molar-refractivity contribution < 1.29 is 17.4 Å². The van der Waals surface area contributed by atoms with Gasteiger partial charge in [0.2, 0.25) is 0 Å². The van der Waals surface area contributed by atoms with Crippen molar-refractivity contribution in [2.75, 3.05) is 6.26 Å². The zero-order chi connectivity index (χ0) is 6.78. The molecular weight excluding hydrogens is 134 g/mol. The van der Waals surface area contributed by atoms with Crippen LogP contribution in [-0.2, 0) is 14.3 Å². The molecular formula is C2H5NO4S. The minimum absolute atomic E-state index is 0.734. The van der Waals surface area contributed by atoms with Crippen LogP contribution in [0.2, 0.25) is 0 Å². The normalized spacial score (nSPS) is 10.6. The number of nitrogens with two attached hydrogens (primary N) is 1. The Morgan fingerprint density at radius 1 is 1.62 bits per heavy atom. The minimum Gasteiger partial charge on any atom is -0.334 e. The Hall–Kier alpha value is -0.780. The lowest BCUT2D eigenvalue weighted by Crippen LogP contribution is -2.17. The number of carbonyl (C=O) groups is 1. The van der Waals surface area contributed by atoms with Crippen molar-refractivity contribution in [3.8, 4) is 0 Å². The molecule has 0 saturated heterocycles. The number of amides is 1. The third-order valence-electron chi connectivity index (χ3n) is 0.234. The molecule has 0 aromatic carbocycles. The van der Waals surface area contributed by atoms with Crippen LogP contribution < -0.4 is 5.73 Å². The molecule has 0 unspecified atom stereocenters. The summed E-state index contributed by atoms with van der Waals surface area (Å²) in [6.07, 6.45) is -0.579. The average Bonchev–Trinajstić information content (AvgIpc) is 1.21. The summed E-state index contributed by atoms with van der Waals surface area (Å²) in [5, 5.41) is 0. The van der Waals surface area contributed by atoms with Gasteiger partial charge in [0, 0.05) is 0 Å². The predicted molar refractivity (Wildman–Crippen MR) is 25.5 cm³/mol. The zero-order valence-electron chi connectivity index (χ0n) is 4.12. The molecule has 0 atom stereocenters. The number of primary amides is 1. The molecule has 0 rings (SSSR count). The Balaban J connectivity index is 3.95. The summed E-state index contributed by atoms with van der Waals surface area (Å²) in [4.78, 5) is 9.64. The molecule has 0 bridgehead atoms. The van der Waals surface area contributed by atoms with Gasteiger partial charge in [0.1, 0.15) is 0 Å². The van der Waals surface area contributed by atoms with Gasteiger partial charge in [-0.2, -0.15) is 8.42 Å². The van der Waals surface area contributed by atoms with Gasteiger partial charge in [-0.1, -0.05) is 0 Å². The van der Waals surface area contributed by atoms with Gasteiger partial charge in [0.15, 0.2) is 0 Å². The summed E-state index contributed by atoms with van der Waals surface area (Å²) in [7, 11) is -3.70. The van der Waals surface area contributed by atoms with E-state index in [1.54, 1.807) is 0 Å². The zero-order valence-corrected chi connectivity index (χ0v) is 4.94. The van der Waals surface area contributed by atoms with Gasteiger partial charge in [-0.3, -0.25) is 0 Å². The topological polar surface area (TPSA) is 86.5 Å². The highest BCUT2D eigenvalue weighted by atomic mass is 32.2. The quantitative estimate of drug-likeness (QED) is 0.474. The molecule has 0 saturated carbocycles. The summed E-state index contributed by atoms with van der Waals surface area (Å²) >= 11 is 0. The fourth-order valence-electron chi connectivity index (χ4n) is 0.149. The van der Waals surface area contributed by atoms with Gasteiger partial charge < -0.3 is 9.92 Å². The van der Waals surface area contributed by atoms with Gasteiger partial charge in [-0.15, -0.1) is 0 Å². The van der Waals surface area contributed by atoms with Crippen LogP contribution in [0.25, 0.3) is 0 Å². The monoisotopic (exact) mass is 139 g/mol. The first-order valence-electron chi connectivity index (χ1n) is 1.61. The van der Waals surface area contributed by atoms with Crippen molar-refractivity contribution in [2.24, 2.45) is 5.73 Å². The lowest BCUT2D eigenvalue weighted by Gasteiger charge is -1.91. The maximum absolute atomic E-state index is 9.92. The van der Waals surface area contributed by atoms with Crippen LogP contribution >= 0.6 is 0 Å². The highest BCUT2D eigenvalue weighted by Crippen LogP contribution is 1.82. The Labute approximate surface area is 46.6 Å². The molecule has 0 aliphatic carbocycles. The van der Waals surface area contributed by atoms with Gasteiger partial charge in [0.25, 0.3) is 0 Å². The first-order chi connectivity index (χ1) is 3.42. The molecule has 8 heavy (non-hydrogen) atoms. The molecule has 0 spiro atoms. The minimum atomic E-state index is -3.70. The highest BCUT2D eigenvalue weighted by Gasteiger charge is 2.03. The number of rotatable bonds is 1. The molecule has 0 radical (unpaired) electrons. The summed E-state index contributed by atoms with van der Waals surface area (Å²) in [5.41, 5.74) is 4.34. The van der Waals surface area contributed by atoms with Crippen molar-refractivity contribution in [2.45, 2.75) is 0 Å². The molecule has 5 nitrogen and oxygen atoms in total. The first kappa shape index (κ1) is 7.22. The molecule has 0 fully saturated rings. The summed E-state index contributed by atoms with van der Waals surface area (Å²) in [6, 6.07) is 0. The number of hydrogen-bond acceptors (Lipinski definition) is 4. The van der Waals surface area contributed by atoms with E-state index in [-0.39, 0.29) is 0 Å². The van der Waals surface area contributed by atoms with Crippen molar-refractivity contribution in [3.63, 3.8) is 0 Å². The lowest BCUT2D eigenvalue weighted by atomic mass is 11.3. The van der Waals surface area contributed by atoms with Crippen LogP contribution in [0.4, 0.5) is 4.79 Å². The summed E-state index contributed by atoms with van der Waals surface area (Å²) in [6.45, 7) is 0. The largest absolute Gasteiger partial charge is 0.420 e. The molecule has 48 valence electrons. The Morgan fingerprint density at radius 3 is 2.00 bits per heavy atom. The third kappa shape index (κ3) is 5.22. The van der Waals surface area contributed by atoms with E-state index in [2.05, 4.69) is 9.92 Å². The van der Waals surface area contributed by atoms with Crippen molar-refractivity contribution in [3.05, 3.63) is 0 Å². The van der Waals surface area contributed by atoms with E-state index < -0.39 is 16.2 Å². The number of hydrogen-bond donors (Lipinski definition) is 1. The fraction of sp³-hybridized carbons (Fsp3) is 0.500. The van der Waals surface area contributed by atoms with E-state index in [1.165, 1.54) is 0 Å². The molecule has 0 aromatic rings. The summed E-state index contributed by atoms with van der Waals surface area (Å²) < 4.78 is 23.4. The lowest BCUT2D eigenvalue weighted by molar-refractivity contribution is 0.213. The van der Waals surface area contributed by atoms with Crippen LogP contribution in [0, 0.1) is 0 Å². The average molecular weight is 139 g/mol. The van der Waals surface area contributed by atoms with Gasteiger partial charge in [0.05, 0.1) is 6.26 Å². The molecule has 0 aliphatic rings. The van der Waals surface area contributed by atoms with Crippen LogP contribution in [0.3, 0.4) is 0 Å². The van der Waals surface area contributed by atoms with E-state index >= 15 is 0 Å². The second kappa shape index (κ2) is 1.99. The predicted octanol–water partition coefficient (Wildman–Crippen LogP) is -0.959. The SMILES string of the molecule is CS(=O)(=O)OC(N)=O. The molecule has 2 N–H and O–H groups in total. The van der Waals surface area contributed by atoms with E-state index in [0.29, 0.717) is 0 Å². The maximum Gasteiger partial charge on any atom is 0.420 e. The van der Waals surface area contributed by atoms with Gasteiger partial charge >= 0.3 is 16.2 Å². The van der Waals surface area contributed by atoms with E-state index in [0.717, 1.165) is 6.26 Å². The second-order valence-corrected chi connectivity index (χ2v) is 2.68. The van der Waals surface area contributed by atoms with Crippen LogP contribution in [0.1, 0.15) is 0 Å². The standard InChI is InChI=1S/C2H5NO4S/c1-8(5,6)7-2(3)4/h1H3,(H2,3,4). The Kier molecular flexibility index (Phi) is 1.80. The molecule has 0 aromatic heterocycles. The Bertz CT molecular complexity index is 180. The smallest absolute Gasteiger partial charge is 0.334 e. The van der Waals surface area contributed by atoms with Gasteiger partial charge in [-0.05, 0) is 0 Å². The van der Waals surface area contributed by atoms with Crippen LogP contribution in [-0.4, -0.2) is 20.8 Å². The molecule has 6 heteroatoms. The van der Waals surface area contributed by atoms with Crippen molar-refractivity contribution in [1.82, 2.24) is 0 Å². The summed E-state index contributed by atoms with van der Waals surface area (Å²) in [5.74, 6) is 0. The van der Waals surface area contributed by atoms with Crippen LogP contribution in [0.5, 0.6) is 0 Å². The molecule has 0 aliphatic heterocycles. The van der Waals surface area contributed by atoms with E-state index in [9.17, 15) is 13.2 Å². The maximum atomic E-state index is 9.92. The second-order valence-electron chi connectivity index (χ2n) is 1.11. The van der Waals surface area contributed by atoms with Gasteiger partial charge in [-0.25, -0.2) is 4.79 Å². The third-order valence-corrected chi connectivity index (χ3v) is 0.701. The van der Waals surface area contributed by atoms with Crippen molar-refractivity contribution in [1.29, 1.82) is 0 Å². The van der Waals surface area contributed by atoms with Crippen molar-refractivity contribution >= 4 is 16.2 Å². The Morgan fingerprint density at radius 2 is 2.00 bits per heavy atom. The molecule has 0 heterocycles. The van der Waals surface area contributed by atoms with E-state index in [1.807, 2.05) is 0 Å². The first-order valence-corrected chi connectivity index (χ1v) is 3.42. The highest BCUT2D eigenvalue weighted by molar-refractivity contribution is 7.86. The fourth-order valence-corrected chi connectivity index (χ4v) is 0.448. The number of carbonyl (C=O) groups excluding carboxylic acids is 1.